The van der Waals surface area contributed by atoms with Gasteiger partial charge in [0.25, 0.3) is 5.91 Å². The number of carbonyl (C=O) groups excluding carboxylic acids is 1. The smallest absolute Gasteiger partial charge is 0.275 e. The van der Waals surface area contributed by atoms with E-state index in [1.54, 1.807) is 30.3 Å². The lowest BCUT2D eigenvalue weighted by molar-refractivity contribution is -0.115. The fourth-order valence-electron chi connectivity index (χ4n) is 2.86. The first-order valence-corrected chi connectivity index (χ1v) is 8.69. The van der Waals surface area contributed by atoms with Crippen molar-refractivity contribution in [2.24, 2.45) is 4.99 Å². The zero-order valence-corrected chi connectivity index (χ0v) is 15.9. The maximum Gasteiger partial charge on any atom is 0.275 e. The van der Waals surface area contributed by atoms with Gasteiger partial charge in [-0.15, -0.1) is 0 Å². The van der Waals surface area contributed by atoms with Gasteiger partial charge in [0.2, 0.25) is 0 Å². The van der Waals surface area contributed by atoms with E-state index in [9.17, 15) is 9.18 Å². The number of benzene rings is 2. The molecule has 0 atom stereocenters. The summed E-state index contributed by atoms with van der Waals surface area (Å²) < 4.78 is 28.9. The first-order chi connectivity index (χ1) is 13.5. The van der Waals surface area contributed by atoms with Crippen LogP contribution in [0.1, 0.15) is 17.5 Å². The van der Waals surface area contributed by atoms with Crippen molar-refractivity contribution in [1.82, 2.24) is 5.32 Å². The Labute approximate surface area is 162 Å². The monoisotopic (exact) mass is 384 g/mol. The maximum absolute atomic E-state index is 13.0. The van der Waals surface area contributed by atoms with E-state index in [1.807, 2.05) is 0 Å². The predicted molar refractivity (Wildman–Crippen MR) is 104 cm³/mol. The summed E-state index contributed by atoms with van der Waals surface area (Å²) in [5.74, 6) is 1.60. The van der Waals surface area contributed by atoms with E-state index in [-0.39, 0.29) is 17.4 Å². The number of aryl methyl sites for hydroxylation is 1. The Morgan fingerprint density at radius 1 is 0.964 bits per heavy atom. The van der Waals surface area contributed by atoms with Gasteiger partial charge in [-0.05, 0) is 36.3 Å². The number of amides is 1. The van der Waals surface area contributed by atoms with E-state index in [1.165, 1.54) is 33.5 Å². The average molecular weight is 384 g/mol. The van der Waals surface area contributed by atoms with Crippen LogP contribution in [0.5, 0.6) is 17.2 Å². The number of aliphatic imine (C=N–C) groups is 1. The molecule has 1 amide bonds. The second kappa shape index (κ2) is 8.56. The molecule has 0 aromatic heterocycles. The Hall–Kier alpha value is -3.35. The Bertz CT molecular complexity index is 936. The van der Waals surface area contributed by atoms with Crippen LogP contribution in [0, 0.1) is 5.82 Å². The second-order valence-corrected chi connectivity index (χ2v) is 6.12. The number of carbonyl (C=O) groups is 1. The molecule has 0 unspecified atom stereocenters. The highest BCUT2D eigenvalue weighted by Gasteiger charge is 2.21. The third-order valence-corrected chi connectivity index (χ3v) is 4.34. The standard InChI is InChI=1S/C21H21FN2O4/c1-26-17-12-19(28-3)18(27-2)11-14(17)10-16-21(25)24-20(23-16)9-6-13-4-7-15(22)8-5-13/h4-5,7-8,10-12H,6,9H2,1-3H3,(H,23,24,25)/b16-10-. The van der Waals surface area contributed by atoms with Crippen molar-refractivity contribution in [2.75, 3.05) is 21.3 Å². The van der Waals surface area contributed by atoms with Gasteiger partial charge in [-0.1, -0.05) is 12.1 Å². The summed E-state index contributed by atoms with van der Waals surface area (Å²) in [6.07, 6.45) is 2.82. The summed E-state index contributed by atoms with van der Waals surface area (Å²) in [6, 6.07) is 9.69. The number of nitrogens with zero attached hydrogens (tertiary/aromatic N) is 1. The molecule has 1 heterocycles. The summed E-state index contributed by atoms with van der Waals surface area (Å²) in [4.78, 5) is 16.7. The van der Waals surface area contributed by atoms with Gasteiger partial charge < -0.3 is 19.5 Å². The van der Waals surface area contributed by atoms with Gasteiger partial charge in [-0.25, -0.2) is 9.38 Å². The van der Waals surface area contributed by atoms with Crippen LogP contribution in [-0.2, 0) is 11.2 Å². The average Bonchev–Trinajstić information content (AvgIpc) is 3.06. The number of ether oxygens (including phenoxy) is 3. The summed E-state index contributed by atoms with van der Waals surface area (Å²) in [5, 5.41) is 2.77. The molecule has 6 nitrogen and oxygen atoms in total. The molecule has 0 bridgehead atoms. The van der Waals surface area contributed by atoms with Gasteiger partial charge in [0.1, 0.15) is 23.1 Å². The second-order valence-electron chi connectivity index (χ2n) is 6.12. The number of rotatable bonds is 7. The lowest BCUT2D eigenvalue weighted by Gasteiger charge is -2.12. The molecule has 0 fully saturated rings. The molecule has 1 N–H and O–H groups in total. The Kier molecular flexibility index (Phi) is 5.93. The van der Waals surface area contributed by atoms with Crippen LogP contribution in [0.4, 0.5) is 4.39 Å². The number of halogens is 1. The van der Waals surface area contributed by atoms with Crippen molar-refractivity contribution in [1.29, 1.82) is 0 Å². The van der Waals surface area contributed by atoms with Crippen LogP contribution in [0.15, 0.2) is 47.1 Å². The Balaban J connectivity index is 1.81. The first kappa shape index (κ1) is 19.4. The van der Waals surface area contributed by atoms with Gasteiger partial charge in [0, 0.05) is 18.1 Å². The summed E-state index contributed by atoms with van der Waals surface area (Å²) in [7, 11) is 4.61. The van der Waals surface area contributed by atoms with Crippen LogP contribution in [-0.4, -0.2) is 33.1 Å². The molecule has 7 heteroatoms. The van der Waals surface area contributed by atoms with Crippen molar-refractivity contribution in [3.63, 3.8) is 0 Å². The van der Waals surface area contributed by atoms with Gasteiger partial charge >= 0.3 is 0 Å². The van der Waals surface area contributed by atoms with E-state index >= 15 is 0 Å². The molecule has 1 aliphatic heterocycles. The topological polar surface area (TPSA) is 69.2 Å². The Morgan fingerprint density at radius 2 is 1.61 bits per heavy atom. The van der Waals surface area contributed by atoms with Gasteiger partial charge in [-0.3, -0.25) is 4.79 Å². The van der Waals surface area contributed by atoms with E-state index in [2.05, 4.69) is 10.3 Å². The molecular weight excluding hydrogens is 363 g/mol. The minimum atomic E-state index is -0.286. The van der Waals surface area contributed by atoms with Gasteiger partial charge in [0.15, 0.2) is 11.5 Å². The zero-order chi connectivity index (χ0) is 20.1. The molecule has 0 saturated heterocycles. The van der Waals surface area contributed by atoms with Crippen molar-refractivity contribution >= 4 is 17.8 Å². The van der Waals surface area contributed by atoms with E-state index in [0.717, 1.165) is 5.56 Å². The van der Waals surface area contributed by atoms with Crippen molar-refractivity contribution in [3.8, 4) is 17.2 Å². The third-order valence-electron chi connectivity index (χ3n) is 4.34. The van der Waals surface area contributed by atoms with Crippen molar-refractivity contribution in [3.05, 3.63) is 59.0 Å². The molecule has 1 aliphatic rings. The number of amidine groups is 1. The minimum Gasteiger partial charge on any atom is -0.496 e. The zero-order valence-electron chi connectivity index (χ0n) is 15.9. The number of methoxy groups -OCH3 is 3. The summed E-state index contributed by atoms with van der Waals surface area (Å²) >= 11 is 0. The Morgan fingerprint density at radius 3 is 2.25 bits per heavy atom. The first-order valence-electron chi connectivity index (χ1n) is 8.69. The molecule has 3 rings (SSSR count). The fraction of sp³-hybridized carbons (Fsp3) is 0.238. The number of hydrogen-bond acceptors (Lipinski definition) is 5. The highest BCUT2D eigenvalue weighted by atomic mass is 19.1. The van der Waals surface area contributed by atoms with Crippen molar-refractivity contribution in [2.45, 2.75) is 12.8 Å². The summed E-state index contributed by atoms with van der Waals surface area (Å²) in [5.41, 5.74) is 1.89. The highest BCUT2D eigenvalue weighted by molar-refractivity contribution is 6.14. The molecule has 28 heavy (non-hydrogen) atoms. The van der Waals surface area contributed by atoms with Crippen LogP contribution >= 0.6 is 0 Å². The molecule has 0 radical (unpaired) electrons. The normalized spacial score (nSPS) is 14.6. The van der Waals surface area contributed by atoms with E-state index < -0.39 is 0 Å². The largest absolute Gasteiger partial charge is 0.496 e. The molecule has 2 aromatic carbocycles. The van der Waals surface area contributed by atoms with Crippen molar-refractivity contribution < 1.29 is 23.4 Å². The molecular formula is C21H21FN2O4. The van der Waals surface area contributed by atoms with Crippen LogP contribution < -0.4 is 19.5 Å². The quantitative estimate of drug-likeness (QED) is 0.744. The lowest BCUT2D eigenvalue weighted by atomic mass is 10.1. The minimum absolute atomic E-state index is 0.274. The third kappa shape index (κ3) is 4.31. The van der Waals surface area contributed by atoms with Crippen LogP contribution in [0.3, 0.4) is 0 Å². The molecule has 0 aliphatic carbocycles. The summed E-state index contributed by atoms with van der Waals surface area (Å²) in [6.45, 7) is 0. The molecule has 0 spiro atoms. The molecule has 146 valence electrons. The fourth-order valence-corrected chi connectivity index (χ4v) is 2.86. The van der Waals surface area contributed by atoms with E-state index in [0.29, 0.717) is 41.5 Å². The van der Waals surface area contributed by atoms with E-state index in [4.69, 9.17) is 14.2 Å². The number of hydrogen-bond donors (Lipinski definition) is 1. The lowest BCUT2D eigenvalue weighted by Crippen LogP contribution is -2.24. The number of nitrogens with one attached hydrogen (secondary N) is 1. The highest BCUT2D eigenvalue weighted by Crippen LogP contribution is 2.36. The molecule has 0 saturated carbocycles. The molecule has 2 aromatic rings. The predicted octanol–water partition coefficient (Wildman–Crippen LogP) is 3.35. The van der Waals surface area contributed by atoms with Gasteiger partial charge in [-0.2, -0.15) is 0 Å². The van der Waals surface area contributed by atoms with Crippen LogP contribution in [0.25, 0.3) is 6.08 Å². The van der Waals surface area contributed by atoms with Crippen LogP contribution in [0.2, 0.25) is 0 Å². The SMILES string of the molecule is COc1cc(OC)c(OC)cc1/C=C1\N=C(CCc2ccc(F)cc2)NC1=O. The van der Waals surface area contributed by atoms with Gasteiger partial charge in [0.05, 0.1) is 21.3 Å². The maximum atomic E-state index is 13.0.